The third-order valence-electron chi connectivity index (χ3n) is 4.92. The normalized spacial score (nSPS) is 17.7. The second kappa shape index (κ2) is 6.75. The molecule has 0 amide bonds. The number of nitrogens with zero attached hydrogens (tertiary/aromatic N) is 1. The molecular formula is C20H24F3N. The lowest BCUT2D eigenvalue weighted by atomic mass is 9.83. The Kier molecular flexibility index (Phi) is 4.86. The zero-order valence-electron chi connectivity index (χ0n) is 14.3. The van der Waals surface area contributed by atoms with E-state index in [1.165, 1.54) is 17.7 Å². The third-order valence-corrected chi connectivity index (χ3v) is 4.92. The molecule has 1 nitrogen and oxygen atoms in total. The molecule has 1 atom stereocenters. The zero-order chi connectivity index (χ0) is 17.3. The first kappa shape index (κ1) is 17.3. The van der Waals surface area contributed by atoms with E-state index in [-0.39, 0.29) is 0 Å². The van der Waals surface area contributed by atoms with Gasteiger partial charge in [-0.1, -0.05) is 32.0 Å². The molecule has 1 aliphatic rings. The Hall–Kier alpha value is -1.55. The number of rotatable bonds is 5. The lowest BCUT2D eigenvalue weighted by molar-refractivity contribution is -0.137. The van der Waals surface area contributed by atoms with Gasteiger partial charge >= 0.3 is 6.18 Å². The summed E-state index contributed by atoms with van der Waals surface area (Å²) in [4.78, 5) is 2.45. The molecule has 0 saturated heterocycles. The van der Waals surface area contributed by atoms with Gasteiger partial charge in [0, 0.05) is 6.04 Å². The van der Waals surface area contributed by atoms with Gasteiger partial charge in [0.1, 0.15) is 0 Å². The highest BCUT2D eigenvalue weighted by atomic mass is 19.4. The summed E-state index contributed by atoms with van der Waals surface area (Å²) >= 11 is 0. The molecule has 130 valence electrons. The monoisotopic (exact) mass is 335 g/mol. The maximum atomic E-state index is 13.2. The maximum absolute atomic E-state index is 13.2. The summed E-state index contributed by atoms with van der Waals surface area (Å²) < 4.78 is 39.7. The number of halogens is 3. The third kappa shape index (κ3) is 3.30. The molecule has 2 aromatic rings. The fraction of sp³-hybridized carbons (Fsp3) is 0.500. The van der Waals surface area contributed by atoms with Gasteiger partial charge in [-0.25, -0.2) is 0 Å². The minimum Gasteiger partial charge on any atom is -0.300 e. The smallest absolute Gasteiger partial charge is 0.300 e. The van der Waals surface area contributed by atoms with Gasteiger partial charge in [0.05, 0.1) is 5.56 Å². The van der Waals surface area contributed by atoms with Crippen LogP contribution in [0.5, 0.6) is 0 Å². The van der Waals surface area contributed by atoms with Crippen LogP contribution in [-0.4, -0.2) is 24.0 Å². The van der Waals surface area contributed by atoms with Crippen molar-refractivity contribution in [2.24, 2.45) is 0 Å². The average molecular weight is 335 g/mol. The molecule has 0 heterocycles. The molecule has 0 aliphatic heterocycles. The van der Waals surface area contributed by atoms with Crippen LogP contribution < -0.4 is 0 Å². The van der Waals surface area contributed by atoms with Gasteiger partial charge < -0.3 is 0 Å². The molecule has 0 N–H and O–H groups in total. The summed E-state index contributed by atoms with van der Waals surface area (Å²) in [6.07, 6.45) is -0.528. The van der Waals surface area contributed by atoms with Crippen molar-refractivity contribution in [3.05, 3.63) is 47.0 Å². The van der Waals surface area contributed by atoms with Gasteiger partial charge in [-0.05, 0) is 72.8 Å². The van der Waals surface area contributed by atoms with Crippen LogP contribution in [0, 0.1) is 0 Å². The van der Waals surface area contributed by atoms with Crippen molar-refractivity contribution in [2.45, 2.75) is 51.7 Å². The van der Waals surface area contributed by atoms with Crippen LogP contribution in [0.25, 0.3) is 10.8 Å². The first-order valence-corrected chi connectivity index (χ1v) is 8.79. The first-order chi connectivity index (χ1) is 11.4. The van der Waals surface area contributed by atoms with E-state index >= 15 is 0 Å². The molecule has 0 fully saturated rings. The minimum atomic E-state index is -4.29. The predicted molar refractivity (Wildman–Crippen MR) is 92.3 cm³/mol. The van der Waals surface area contributed by atoms with Crippen molar-refractivity contribution in [1.29, 1.82) is 0 Å². The van der Waals surface area contributed by atoms with Crippen molar-refractivity contribution < 1.29 is 13.2 Å². The van der Waals surface area contributed by atoms with E-state index < -0.39 is 11.7 Å². The van der Waals surface area contributed by atoms with E-state index in [1.54, 1.807) is 6.07 Å². The molecule has 0 spiro atoms. The summed E-state index contributed by atoms with van der Waals surface area (Å²) in [5.74, 6) is 0. The number of hydrogen-bond acceptors (Lipinski definition) is 1. The summed E-state index contributed by atoms with van der Waals surface area (Å²) in [5.41, 5.74) is 1.51. The number of benzene rings is 2. The second-order valence-corrected chi connectivity index (χ2v) is 6.75. The van der Waals surface area contributed by atoms with E-state index in [0.717, 1.165) is 43.3 Å². The maximum Gasteiger partial charge on any atom is 0.416 e. The minimum absolute atomic E-state index is 0.298. The van der Waals surface area contributed by atoms with E-state index in [4.69, 9.17) is 0 Å². The van der Waals surface area contributed by atoms with Crippen LogP contribution in [0.15, 0.2) is 30.3 Å². The fourth-order valence-electron chi connectivity index (χ4n) is 3.99. The van der Waals surface area contributed by atoms with Crippen molar-refractivity contribution >= 4 is 10.8 Å². The van der Waals surface area contributed by atoms with Crippen LogP contribution in [-0.2, 0) is 19.0 Å². The molecule has 0 bridgehead atoms. The molecule has 1 aliphatic carbocycles. The lowest BCUT2D eigenvalue weighted by Gasteiger charge is -2.35. The Labute approximate surface area is 141 Å². The van der Waals surface area contributed by atoms with Gasteiger partial charge in [-0.3, -0.25) is 4.90 Å². The SMILES string of the molecule is CCCN(CCC)C1Cc2cccc3cc(C(F)(F)F)cc(c23)C1. The average Bonchev–Trinajstić information content (AvgIpc) is 2.53. The number of hydrogen-bond donors (Lipinski definition) is 0. The first-order valence-electron chi connectivity index (χ1n) is 8.79. The fourth-order valence-corrected chi connectivity index (χ4v) is 3.99. The van der Waals surface area contributed by atoms with E-state index in [0.29, 0.717) is 17.8 Å². The zero-order valence-corrected chi connectivity index (χ0v) is 14.3. The summed E-state index contributed by atoms with van der Waals surface area (Å²) in [6.45, 7) is 6.31. The highest BCUT2D eigenvalue weighted by Crippen LogP contribution is 2.37. The molecule has 2 aromatic carbocycles. The topological polar surface area (TPSA) is 3.24 Å². The highest BCUT2D eigenvalue weighted by Gasteiger charge is 2.33. The number of alkyl halides is 3. The predicted octanol–water partition coefficient (Wildman–Crippen LogP) is 5.45. The van der Waals surface area contributed by atoms with Crippen molar-refractivity contribution in [3.8, 4) is 0 Å². The summed E-state index contributed by atoms with van der Waals surface area (Å²) in [5, 5.41) is 1.75. The van der Waals surface area contributed by atoms with E-state index in [2.05, 4.69) is 24.8 Å². The Morgan fingerprint density at radius 3 is 2.29 bits per heavy atom. The summed E-state index contributed by atoms with van der Waals surface area (Å²) in [7, 11) is 0. The Morgan fingerprint density at radius 2 is 1.67 bits per heavy atom. The molecule has 0 aromatic heterocycles. The molecule has 0 radical (unpaired) electrons. The van der Waals surface area contributed by atoms with Crippen molar-refractivity contribution in [3.63, 3.8) is 0 Å². The van der Waals surface area contributed by atoms with Gasteiger partial charge in [0.2, 0.25) is 0 Å². The van der Waals surface area contributed by atoms with Gasteiger partial charge in [-0.15, -0.1) is 0 Å². The van der Waals surface area contributed by atoms with Crippen molar-refractivity contribution in [2.75, 3.05) is 13.1 Å². The molecule has 0 saturated carbocycles. The Balaban J connectivity index is 2.04. The van der Waals surface area contributed by atoms with E-state index in [1.807, 2.05) is 6.07 Å². The Bertz CT molecular complexity index is 715. The van der Waals surface area contributed by atoms with E-state index in [9.17, 15) is 13.2 Å². The summed E-state index contributed by atoms with van der Waals surface area (Å²) in [6, 6.07) is 8.71. The lowest BCUT2D eigenvalue weighted by Crippen LogP contribution is -2.41. The van der Waals surface area contributed by atoms with Crippen LogP contribution >= 0.6 is 0 Å². The van der Waals surface area contributed by atoms with Crippen LogP contribution in [0.1, 0.15) is 43.4 Å². The quantitative estimate of drug-likeness (QED) is 0.702. The van der Waals surface area contributed by atoms with Gasteiger partial charge in [-0.2, -0.15) is 13.2 Å². The van der Waals surface area contributed by atoms with Crippen LogP contribution in [0.2, 0.25) is 0 Å². The molecule has 1 unspecified atom stereocenters. The largest absolute Gasteiger partial charge is 0.416 e. The van der Waals surface area contributed by atoms with Gasteiger partial charge in [0.15, 0.2) is 0 Å². The second-order valence-electron chi connectivity index (χ2n) is 6.75. The molecular weight excluding hydrogens is 311 g/mol. The van der Waals surface area contributed by atoms with Crippen LogP contribution in [0.4, 0.5) is 13.2 Å². The van der Waals surface area contributed by atoms with Gasteiger partial charge in [0.25, 0.3) is 0 Å². The standard InChI is InChI=1S/C20H24F3N/c1-3-8-24(9-4-2)18-12-15-7-5-6-14-10-17(20(21,22)23)11-16(13-18)19(14)15/h5-7,10-11,18H,3-4,8-9,12-13H2,1-2H3. The Morgan fingerprint density at radius 1 is 1.00 bits per heavy atom. The highest BCUT2D eigenvalue weighted by molar-refractivity contribution is 5.90. The molecule has 24 heavy (non-hydrogen) atoms. The van der Waals surface area contributed by atoms with Crippen molar-refractivity contribution in [1.82, 2.24) is 4.90 Å². The van der Waals surface area contributed by atoms with Crippen LogP contribution in [0.3, 0.4) is 0 Å². The molecule has 4 heteroatoms. The molecule has 3 rings (SSSR count).